The van der Waals surface area contributed by atoms with E-state index in [1.165, 1.54) is 6.26 Å². The van der Waals surface area contributed by atoms with Crippen molar-refractivity contribution < 1.29 is 23.4 Å². The normalized spacial score (nSPS) is 12.9. The molecule has 4 aromatic rings. The SMILES string of the molecule is CCCc1cc2c(=O)c(-c3ccc4c(c3)OCCCO4)coc2cc1OC(=O)c1ccccc1Br. The van der Waals surface area contributed by atoms with E-state index in [9.17, 15) is 9.59 Å². The van der Waals surface area contributed by atoms with Crippen LogP contribution in [0.5, 0.6) is 17.2 Å². The first-order valence-corrected chi connectivity index (χ1v) is 12.3. The summed E-state index contributed by atoms with van der Waals surface area (Å²) in [6.45, 7) is 3.18. The van der Waals surface area contributed by atoms with E-state index < -0.39 is 5.97 Å². The van der Waals surface area contributed by atoms with Crippen LogP contribution in [0.2, 0.25) is 0 Å². The van der Waals surface area contributed by atoms with Gasteiger partial charge in [-0.3, -0.25) is 4.79 Å². The third-order valence-electron chi connectivity index (χ3n) is 5.83. The van der Waals surface area contributed by atoms with Gasteiger partial charge in [-0.05, 0) is 63.8 Å². The van der Waals surface area contributed by atoms with Crippen molar-refractivity contribution in [2.24, 2.45) is 0 Å². The molecule has 35 heavy (non-hydrogen) atoms. The predicted molar refractivity (Wildman–Crippen MR) is 137 cm³/mol. The van der Waals surface area contributed by atoms with Gasteiger partial charge in [0.15, 0.2) is 11.5 Å². The Morgan fingerprint density at radius 3 is 2.63 bits per heavy atom. The maximum atomic E-state index is 13.5. The van der Waals surface area contributed by atoms with Crippen molar-refractivity contribution in [1.82, 2.24) is 0 Å². The van der Waals surface area contributed by atoms with Crippen LogP contribution in [0.4, 0.5) is 0 Å². The lowest BCUT2D eigenvalue weighted by atomic mass is 10.0. The van der Waals surface area contributed by atoms with Crippen molar-refractivity contribution in [3.63, 3.8) is 0 Å². The van der Waals surface area contributed by atoms with Gasteiger partial charge >= 0.3 is 5.97 Å². The molecule has 1 aliphatic rings. The standard InChI is InChI=1S/C28H23BrO6/c1-2-6-18-13-20-25(15-24(18)35-28(31)19-7-3-4-8-22(19)29)34-16-21(27(20)30)17-9-10-23-26(14-17)33-12-5-11-32-23/h3-4,7-10,13-16H,2,5-6,11-12H2,1H3. The van der Waals surface area contributed by atoms with Crippen molar-refractivity contribution in [2.45, 2.75) is 26.2 Å². The number of carbonyl (C=O) groups is 1. The number of fused-ring (bicyclic) bond motifs is 2. The summed E-state index contributed by atoms with van der Waals surface area (Å²) in [6, 6.07) is 15.9. The quantitative estimate of drug-likeness (QED) is 0.213. The zero-order chi connectivity index (χ0) is 24.4. The molecule has 3 aromatic carbocycles. The second kappa shape index (κ2) is 9.96. The molecular weight excluding hydrogens is 512 g/mol. The van der Waals surface area contributed by atoms with Crippen molar-refractivity contribution in [1.29, 1.82) is 0 Å². The molecule has 7 heteroatoms. The highest BCUT2D eigenvalue weighted by Crippen LogP contribution is 2.35. The van der Waals surface area contributed by atoms with Gasteiger partial charge in [0.2, 0.25) is 5.43 Å². The smallest absolute Gasteiger partial charge is 0.344 e. The largest absolute Gasteiger partial charge is 0.490 e. The van der Waals surface area contributed by atoms with E-state index in [1.807, 2.05) is 25.1 Å². The number of benzene rings is 3. The minimum Gasteiger partial charge on any atom is -0.490 e. The first kappa shape index (κ1) is 23.2. The fourth-order valence-electron chi connectivity index (χ4n) is 4.07. The van der Waals surface area contributed by atoms with Crippen molar-refractivity contribution in [2.75, 3.05) is 13.2 Å². The first-order valence-electron chi connectivity index (χ1n) is 11.5. The summed E-state index contributed by atoms with van der Waals surface area (Å²) < 4.78 is 23.7. The summed E-state index contributed by atoms with van der Waals surface area (Å²) in [5.74, 6) is 1.17. The maximum absolute atomic E-state index is 13.5. The molecule has 0 fully saturated rings. The third-order valence-corrected chi connectivity index (χ3v) is 6.52. The van der Waals surface area contributed by atoms with Crippen LogP contribution in [0.25, 0.3) is 22.1 Å². The molecule has 0 radical (unpaired) electrons. The molecule has 0 bridgehead atoms. The molecule has 0 amide bonds. The number of rotatable bonds is 5. The van der Waals surface area contributed by atoms with Crippen LogP contribution in [0.1, 0.15) is 35.7 Å². The lowest BCUT2D eigenvalue weighted by Crippen LogP contribution is -2.12. The molecular formula is C28H23BrO6. The Bertz CT molecular complexity index is 1470. The molecule has 0 saturated carbocycles. The lowest BCUT2D eigenvalue weighted by Gasteiger charge is -2.13. The summed E-state index contributed by atoms with van der Waals surface area (Å²) in [5.41, 5.74) is 2.48. The van der Waals surface area contributed by atoms with E-state index in [-0.39, 0.29) is 5.43 Å². The van der Waals surface area contributed by atoms with E-state index in [0.717, 1.165) is 18.4 Å². The molecule has 1 aromatic heterocycles. The molecule has 5 rings (SSSR count). The van der Waals surface area contributed by atoms with Crippen molar-refractivity contribution in [3.8, 4) is 28.4 Å². The van der Waals surface area contributed by atoms with Crippen molar-refractivity contribution >= 4 is 32.9 Å². The van der Waals surface area contributed by atoms with Gasteiger partial charge in [-0.15, -0.1) is 0 Å². The van der Waals surface area contributed by atoms with Gasteiger partial charge in [0.25, 0.3) is 0 Å². The lowest BCUT2D eigenvalue weighted by molar-refractivity contribution is 0.0732. The first-order chi connectivity index (χ1) is 17.0. The van der Waals surface area contributed by atoms with E-state index in [1.54, 1.807) is 36.4 Å². The Balaban J connectivity index is 1.55. The number of esters is 1. The van der Waals surface area contributed by atoms with E-state index in [4.69, 9.17) is 18.6 Å². The Morgan fingerprint density at radius 2 is 1.83 bits per heavy atom. The van der Waals surface area contributed by atoms with E-state index in [0.29, 0.717) is 69.0 Å². The number of halogens is 1. The van der Waals surface area contributed by atoms with Crippen LogP contribution in [0, 0.1) is 0 Å². The summed E-state index contributed by atoms with van der Waals surface area (Å²) in [4.78, 5) is 26.3. The highest BCUT2D eigenvalue weighted by molar-refractivity contribution is 9.10. The topological polar surface area (TPSA) is 75.0 Å². The molecule has 1 aliphatic heterocycles. The number of hydrogen-bond acceptors (Lipinski definition) is 6. The number of ether oxygens (including phenoxy) is 3. The molecule has 0 saturated heterocycles. The second-order valence-corrected chi connectivity index (χ2v) is 9.12. The summed E-state index contributed by atoms with van der Waals surface area (Å²) in [5, 5.41) is 0.429. The van der Waals surface area contributed by atoms with Crippen LogP contribution in [-0.2, 0) is 6.42 Å². The fraction of sp³-hybridized carbons (Fsp3) is 0.214. The Kier molecular flexibility index (Phi) is 6.59. The van der Waals surface area contributed by atoms with Gasteiger partial charge in [-0.2, -0.15) is 0 Å². The molecule has 178 valence electrons. The summed E-state index contributed by atoms with van der Waals surface area (Å²) in [6.07, 6.45) is 3.69. The van der Waals surface area contributed by atoms with Gasteiger partial charge < -0.3 is 18.6 Å². The van der Waals surface area contributed by atoms with Crippen molar-refractivity contribution in [3.05, 3.63) is 86.7 Å². The van der Waals surface area contributed by atoms with Gasteiger partial charge in [0, 0.05) is 17.0 Å². The molecule has 0 spiro atoms. The van der Waals surface area contributed by atoms with E-state index >= 15 is 0 Å². The van der Waals surface area contributed by atoms with Crippen LogP contribution in [0.3, 0.4) is 0 Å². The number of aryl methyl sites for hydroxylation is 1. The third kappa shape index (κ3) is 4.68. The summed E-state index contributed by atoms with van der Waals surface area (Å²) >= 11 is 3.39. The fourth-order valence-corrected chi connectivity index (χ4v) is 4.52. The average Bonchev–Trinajstić information content (AvgIpc) is 3.10. The molecule has 6 nitrogen and oxygen atoms in total. The zero-order valence-corrected chi connectivity index (χ0v) is 20.7. The molecule has 0 aliphatic carbocycles. The minimum absolute atomic E-state index is 0.165. The second-order valence-electron chi connectivity index (χ2n) is 8.27. The highest BCUT2D eigenvalue weighted by atomic mass is 79.9. The van der Waals surface area contributed by atoms with Crippen LogP contribution in [0.15, 0.2) is 74.5 Å². The van der Waals surface area contributed by atoms with Gasteiger partial charge in [0.05, 0.1) is 29.7 Å². The number of carbonyl (C=O) groups excluding carboxylic acids is 1. The maximum Gasteiger partial charge on any atom is 0.344 e. The van der Waals surface area contributed by atoms with Crippen LogP contribution >= 0.6 is 15.9 Å². The highest BCUT2D eigenvalue weighted by Gasteiger charge is 2.19. The molecule has 0 atom stereocenters. The van der Waals surface area contributed by atoms with E-state index in [2.05, 4.69) is 15.9 Å². The van der Waals surface area contributed by atoms with Gasteiger partial charge in [-0.25, -0.2) is 4.79 Å². The minimum atomic E-state index is -0.486. The summed E-state index contributed by atoms with van der Waals surface area (Å²) in [7, 11) is 0. The average molecular weight is 535 g/mol. The predicted octanol–water partition coefficient (Wildman–Crippen LogP) is 6.56. The Labute approximate surface area is 210 Å². The Hall–Kier alpha value is -3.58. The molecule has 0 N–H and O–H groups in total. The van der Waals surface area contributed by atoms with Crippen LogP contribution in [-0.4, -0.2) is 19.2 Å². The monoisotopic (exact) mass is 534 g/mol. The molecule has 2 heterocycles. The van der Waals surface area contributed by atoms with Gasteiger partial charge in [0.1, 0.15) is 17.6 Å². The number of hydrogen-bond donors (Lipinski definition) is 0. The Morgan fingerprint density at radius 1 is 1.03 bits per heavy atom. The zero-order valence-electron chi connectivity index (χ0n) is 19.1. The van der Waals surface area contributed by atoms with Crippen LogP contribution < -0.4 is 19.6 Å². The van der Waals surface area contributed by atoms with Gasteiger partial charge in [-0.1, -0.05) is 31.5 Å². The molecule has 0 unspecified atom stereocenters.